The van der Waals surface area contributed by atoms with E-state index in [2.05, 4.69) is 27.3 Å². The maximum absolute atomic E-state index is 12.7. The van der Waals surface area contributed by atoms with Crippen LogP contribution in [0.2, 0.25) is 0 Å². The van der Waals surface area contributed by atoms with Crippen LogP contribution in [0.15, 0.2) is 40.2 Å². The van der Waals surface area contributed by atoms with Crippen LogP contribution in [0.1, 0.15) is 45.1 Å². The molecule has 25 heavy (non-hydrogen) atoms. The van der Waals surface area contributed by atoms with Crippen molar-refractivity contribution in [1.29, 1.82) is 0 Å². The standard InChI is InChI=1S/C18H18N4O2S/c1-12-19-17(24-21-12)14-7-8-22(10-14)18(23)15-11-25-16(20-15)9-13-5-3-2-4-6-13/h2-6,11,14H,7-10H2,1H3/t14-/m1/s1. The monoisotopic (exact) mass is 354 g/mol. The van der Waals surface area contributed by atoms with Crippen molar-refractivity contribution < 1.29 is 9.32 Å². The number of aromatic nitrogens is 3. The summed E-state index contributed by atoms with van der Waals surface area (Å²) < 4.78 is 5.24. The molecule has 0 unspecified atom stereocenters. The number of rotatable bonds is 4. The van der Waals surface area contributed by atoms with Crippen LogP contribution >= 0.6 is 11.3 Å². The van der Waals surface area contributed by atoms with Crippen LogP contribution in [0, 0.1) is 6.92 Å². The van der Waals surface area contributed by atoms with Crippen molar-refractivity contribution in [2.75, 3.05) is 13.1 Å². The third-order valence-corrected chi connectivity index (χ3v) is 5.19. The summed E-state index contributed by atoms with van der Waals surface area (Å²) in [5, 5.41) is 6.64. The molecule has 0 radical (unpaired) electrons. The molecule has 3 heterocycles. The maximum atomic E-state index is 12.7. The Bertz CT molecular complexity index is 874. The Morgan fingerprint density at radius 3 is 2.92 bits per heavy atom. The second kappa shape index (κ2) is 6.76. The van der Waals surface area contributed by atoms with Crippen LogP contribution in [0.5, 0.6) is 0 Å². The highest BCUT2D eigenvalue weighted by Crippen LogP contribution is 2.27. The van der Waals surface area contributed by atoms with E-state index in [0.29, 0.717) is 30.5 Å². The SMILES string of the molecule is Cc1noc([C@@H]2CCN(C(=O)c3csc(Cc4ccccc4)n3)C2)n1. The van der Waals surface area contributed by atoms with Gasteiger partial charge in [-0.1, -0.05) is 35.5 Å². The molecule has 0 spiro atoms. The van der Waals surface area contributed by atoms with E-state index in [-0.39, 0.29) is 11.8 Å². The molecule has 3 aromatic rings. The zero-order valence-corrected chi connectivity index (χ0v) is 14.7. The molecular formula is C18H18N4O2S. The smallest absolute Gasteiger partial charge is 0.273 e. The van der Waals surface area contributed by atoms with E-state index in [1.54, 1.807) is 6.92 Å². The lowest BCUT2D eigenvalue weighted by Gasteiger charge is -2.13. The zero-order chi connectivity index (χ0) is 17.2. The molecule has 0 N–H and O–H groups in total. The number of amides is 1. The number of hydrogen-bond acceptors (Lipinski definition) is 6. The lowest BCUT2D eigenvalue weighted by atomic mass is 10.1. The van der Waals surface area contributed by atoms with E-state index < -0.39 is 0 Å². The Hall–Kier alpha value is -2.54. The number of likely N-dealkylation sites (tertiary alicyclic amines) is 1. The number of aryl methyl sites for hydroxylation is 1. The van der Waals surface area contributed by atoms with E-state index in [9.17, 15) is 4.79 Å². The molecule has 128 valence electrons. The van der Waals surface area contributed by atoms with Gasteiger partial charge < -0.3 is 9.42 Å². The van der Waals surface area contributed by atoms with Gasteiger partial charge in [0, 0.05) is 24.9 Å². The largest absolute Gasteiger partial charge is 0.339 e. The number of carbonyl (C=O) groups excluding carboxylic acids is 1. The third-order valence-electron chi connectivity index (χ3n) is 4.34. The Labute approximate surface area is 149 Å². The quantitative estimate of drug-likeness (QED) is 0.720. The molecule has 0 saturated carbocycles. The van der Waals surface area contributed by atoms with Crippen molar-refractivity contribution in [1.82, 2.24) is 20.0 Å². The van der Waals surface area contributed by atoms with Crippen molar-refractivity contribution in [3.8, 4) is 0 Å². The first-order chi connectivity index (χ1) is 12.2. The number of benzene rings is 1. The minimum atomic E-state index is -0.0192. The van der Waals surface area contributed by atoms with Crippen molar-refractivity contribution in [2.24, 2.45) is 0 Å². The summed E-state index contributed by atoms with van der Waals surface area (Å²) in [6, 6.07) is 10.2. The molecule has 1 aromatic carbocycles. The molecule has 2 aromatic heterocycles. The zero-order valence-electron chi connectivity index (χ0n) is 13.9. The fourth-order valence-electron chi connectivity index (χ4n) is 3.05. The molecule has 1 amide bonds. The summed E-state index contributed by atoms with van der Waals surface area (Å²) in [6.07, 6.45) is 1.59. The second-order valence-corrected chi connectivity index (χ2v) is 7.15. The molecule has 0 aliphatic carbocycles. The first-order valence-corrected chi connectivity index (χ1v) is 9.15. The molecule has 0 bridgehead atoms. The van der Waals surface area contributed by atoms with Gasteiger partial charge in [-0.2, -0.15) is 4.98 Å². The Morgan fingerprint density at radius 2 is 2.16 bits per heavy atom. The van der Waals surface area contributed by atoms with Crippen LogP contribution in [0.3, 0.4) is 0 Å². The normalized spacial score (nSPS) is 17.2. The molecule has 1 aliphatic rings. The Kier molecular flexibility index (Phi) is 4.31. The fraction of sp³-hybridized carbons (Fsp3) is 0.333. The van der Waals surface area contributed by atoms with E-state index in [0.717, 1.165) is 17.8 Å². The predicted molar refractivity (Wildman–Crippen MR) is 93.7 cm³/mol. The van der Waals surface area contributed by atoms with Gasteiger partial charge in [0.15, 0.2) is 5.82 Å². The van der Waals surface area contributed by atoms with Crippen LogP contribution in [-0.4, -0.2) is 39.0 Å². The second-order valence-electron chi connectivity index (χ2n) is 6.21. The van der Waals surface area contributed by atoms with E-state index >= 15 is 0 Å². The summed E-state index contributed by atoms with van der Waals surface area (Å²) in [4.78, 5) is 23.3. The first kappa shape index (κ1) is 16.0. The Morgan fingerprint density at radius 1 is 1.32 bits per heavy atom. The lowest BCUT2D eigenvalue weighted by Crippen LogP contribution is -2.28. The van der Waals surface area contributed by atoms with Gasteiger partial charge in [0.25, 0.3) is 5.91 Å². The van der Waals surface area contributed by atoms with Crippen molar-refractivity contribution in [3.05, 3.63) is 63.7 Å². The van der Waals surface area contributed by atoms with E-state index in [4.69, 9.17) is 4.52 Å². The van der Waals surface area contributed by atoms with Crippen molar-refractivity contribution >= 4 is 17.2 Å². The minimum Gasteiger partial charge on any atom is -0.339 e. The van der Waals surface area contributed by atoms with Gasteiger partial charge in [-0.05, 0) is 18.9 Å². The highest BCUT2D eigenvalue weighted by molar-refractivity contribution is 7.09. The summed E-state index contributed by atoms with van der Waals surface area (Å²) in [5.74, 6) is 1.35. The van der Waals surface area contributed by atoms with Gasteiger partial charge in [0.05, 0.1) is 10.9 Å². The van der Waals surface area contributed by atoms with E-state index in [1.165, 1.54) is 16.9 Å². The number of hydrogen-bond donors (Lipinski definition) is 0. The fourth-order valence-corrected chi connectivity index (χ4v) is 3.85. The summed E-state index contributed by atoms with van der Waals surface area (Å²) in [6.45, 7) is 3.09. The lowest BCUT2D eigenvalue weighted by molar-refractivity contribution is 0.0784. The molecule has 6 nitrogen and oxygen atoms in total. The molecule has 7 heteroatoms. The molecule has 1 aliphatic heterocycles. The minimum absolute atomic E-state index is 0.0192. The Balaban J connectivity index is 1.42. The van der Waals surface area contributed by atoms with Gasteiger partial charge >= 0.3 is 0 Å². The van der Waals surface area contributed by atoms with Crippen LogP contribution in [-0.2, 0) is 6.42 Å². The molecule has 1 saturated heterocycles. The van der Waals surface area contributed by atoms with Gasteiger partial charge in [-0.15, -0.1) is 11.3 Å². The van der Waals surface area contributed by atoms with Gasteiger partial charge in [-0.25, -0.2) is 4.98 Å². The predicted octanol–water partition coefficient (Wildman–Crippen LogP) is 3.06. The van der Waals surface area contributed by atoms with Crippen molar-refractivity contribution in [3.63, 3.8) is 0 Å². The first-order valence-electron chi connectivity index (χ1n) is 8.27. The average molecular weight is 354 g/mol. The molecular weight excluding hydrogens is 336 g/mol. The van der Waals surface area contributed by atoms with Gasteiger partial charge in [0.2, 0.25) is 5.89 Å². The summed E-state index contributed by atoms with van der Waals surface area (Å²) in [7, 11) is 0. The van der Waals surface area contributed by atoms with Crippen LogP contribution in [0.25, 0.3) is 0 Å². The molecule has 1 atom stereocenters. The third kappa shape index (κ3) is 3.46. The maximum Gasteiger partial charge on any atom is 0.273 e. The van der Waals surface area contributed by atoms with Gasteiger partial charge in [-0.3, -0.25) is 4.79 Å². The number of thiazole rings is 1. The van der Waals surface area contributed by atoms with Crippen LogP contribution in [0.4, 0.5) is 0 Å². The highest BCUT2D eigenvalue weighted by Gasteiger charge is 2.32. The van der Waals surface area contributed by atoms with E-state index in [1.807, 2.05) is 28.5 Å². The topological polar surface area (TPSA) is 72.1 Å². The average Bonchev–Trinajstić information content (AvgIpc) is 3.35. The summed E-state index contributed by atoms with van der Waals surface area (Å²) >= 11 is 1.53. The van der Waals surface area contributed by atoms with Gasteiger partial charge in [0.1, 0.15) is 5.69 Å². The number of nitrogens with zero attached hydrogens (tertiary/aromatic N) is 4. The van der Waals surface area contributed by atoms with Crippen molar-refractivity contribution in [2.45, 2.75) is 25.7 Å². The highest BCUT2D eigenvalue weighted by atomic mass is 32.1. The van der Waals surface area contributed by atoms with Crippen LogP contribution < -0.4 is 0 Å². The molecule has 4 rings (SSSR count). The summed E-state index contributed by atoms with van der Waals surface area (Å²) in [5.41, 5.74) is 1.72. The molecule has 1 fully saturated rings. The number of carbonyl (C=O) groups is 1.